The van der Waals surface area contributed by atoms with Crippen LogP contribution in [0.1, 0.15) is 18.4 Å². The quantitative estimate of drug-likeness (QED) is 0.683. The Morgan fingerprint density at radius 2 is 1.85 bits per heavy atom. The van der Waals surface area contributed by atoms with Crippen LogP contribution in [0, 0.1) is 5.92 Å². The van der Waals surface area contributed by atoms with E-state index in [1.807, 2.05) is 18.3 Å². The van der Waals surface area contributed by atoms with Gasteiger partial charge in [0.1, 0.15) is 0 Å². The lowest BCUT2D eigenvalue weighted by molar-refractivity contribution is 0.355. The Labute approximate surface area is 159 Å². The van der Waals surface area contributed by atoms with E-state index in [9.17, 15) is 0 Å². The summed E-state index contributed by atoms with van der Waals surface area (Å²) < 4.78 is 10.9. The SMILES string of the molecule is COc1cc2nncc(N3CCCC(Cc4ccccc4)C3)c2cc1OC. The van der Waals surface area contributed by atoms with Crippen LogP contribution in [-0.2, 0) is 6.42 Å². The second kappa shape index (κ2) is 7.82. The van der Waals surface area contributed by atoms with Crippen molar-refractivity contribution < 1.29 is 9.47 Å². The van der Waals surface area contributed by atoms with E-state index in [1.54, 1.807) is 14.2 Å². The smallest absolute Gasteiger partial charge is 0.162 e. The van der Waals surface area contributed by atoms with E-state index in [-0.39, 0.29) is 0 Å². The molecule has 1 aliphatic rings. The molecule has 0 N–H and O–H groups in total. The molecule has 5 nitrogen and oxygen atoms in total. The Bertz CT molecular complexity index is 914. The maximum atomic E-state index is 5.50. The number of ether oxygens (including phenoxy) is 2. The van der Waals surface area contributed by atoms with Crippen molar-refractivity contribution in [3.8, 4) is 11.5 Å². The van der Waals surface area contributed by atoms with Crippen molar-refractivity contribution in [1.29, 1.82) is 0 Å². The predicted octanol–water partition coefficient (Wildman–Crippen LogP) is 4.11. The third kappa shape index (κ3) is 3.68. The van der Waals surface area contributed by atoms with Gasteiger partial charge in [-0.2, -0.15) is 10.2 Å². The van der Waals surface area contributed by atoms with Crippen LogP contribution >= 0.6 is 0 Å². The van der Waals surface area contributed by atoms with Crippen LogP contribution in [0.5, 0.6) is 11.5 Å². The Hall–Kier alpha value is -2.82. The highest BCUT2D eigenvalue weighted by atomic mass is 16.5. The lowest BCUT2D eigenvalue weighted by Gasteiger charge is -2.35. The predicted molar refractivity (Wildman–Crippen MR) is 108 cm³/mol. The van der Waals surface area contributed by atoms with E-state index < -0.39 is 0 Å². The Morgan fingerprint density at radius 1 is 1.07 bits per heavy atom. The molecule has 2 aromatic carbocycles. The third-order valence-corrected chi connectivity index (χ3v) is 5.35. The maximum absolute atomic E-state index is 5.50. The lowest BCUT2D eigenvalue weighted by Crippen LogP contribution is -2.36. The first kappa shape index (κ1) is 17.6. The minimum absolute atomic E-state index is 0.643. The first-order valence-corrected chi connectivity index (χ1v) is 9.44. The van der Waals surface area contributed by atoms with Gasteiger partial charge >= 0.3 is 0 Å². The van der Waals surface area contributed by atoms with Crippen LogP contribution in [0.15, 0.2) is 48.7 Å². The molecule has 0 bridgehead atoms. The normalized spacial score (nSPS) is 17.1. The molecule has 27 heavy (non-hydrogen) atoms. The fraction of sp³-hybridized carbons (Fsp3) is 0.364. The number of benzene rings is 2. The van der Waals surface area contributed by atoms with Gasteiger partial charge in [0.05, 0.1) is 31.6 Å². The molecule has 4 rings (SSSR count). The number of methoxy groups -OCH3 is 2. The summed E-state index contributed by atoms with van der Waals surface area (Å²) in [7, 11) is 3.30. The second-order valence-corrected chi connectivity index (χ2v) is 7.10. The molecule has 0 saturated carbocycles. The highest BCUT2D eigenvalue weighted by Crippen LogP contribution is 2.36. The summed E-state index contributed by atoms with van der Waals surface area (Å²) in [6.45, 7) is 2.07. The summed E-state index contributed by atoms with van der Waals surface area (Å²) >= 11 is 0. The van der Waals surface area contributed by atoms with Crippen LogP contribution in [-0.4, -0.2) is 37.5 Å². The zero-order valence-electron chi connectivity index (χ0n) is 15.9. The minimum atomic E-state index is 0.643. The summed E-state index contributed by atoms with van der Waals surface area (Å²) in [6, 6.07) is 14.7. The monoisotopic (exact) mass is 363 g/mol. The van der Waals surface area contributed by atoms with Crippen LogP contribution in [0.25, 0.3) is 10.9 Å². The Morgan fingerprint density at radius 3 is 2.63 bits per heavy atom. The molecular formula is C22H25N3O2. The van der Waals surface area contributed by atoms with Crippen molar-refractivity contribution >= 4 is 16.6 Å². The van der Waals surface area contributed by atoms with Crippen LogP contribution in [0.2, 0.25) is 0 Å². The molecule has 1 aromatic heterocycles. The number of hydrogen-bond donors (Lipinski definition) is 0. The maximum Gasteiger partial charge on any atom is 0.162 e. The molecule has 5 heteroatoms. The topological polar surface area (TPSA) is 47.5 Å². The van der Waals surface area contributed by atoms with Gasteiger partial charge < -0.3 is 14.4 Å². The molecule has 0 amide bonds. The molecule has 0 aliphatic carbocycles. The fourth-order valence-electron chi connectivity index (χ4n) is 4.02. The van der Waals surface area contributed by atoms with Gasteiger partial charge in [-0.25, -0.2) is 0 Å². The van der Waals surface area contributed by atoms with E-state index in [4.69, 9.17) is 9.47 Å². The summed E-state index contributed by atoms with van der Waals surface area (Å²) in [6.07, 6.45) is 5.44. The van der Waals surface area contributed by atoms with Gasteiger partial charge in [-0.3, -0.25) is 0 Å². The number of hydrogen-bond acceptors (Lipinski definition) is 5. The number of piperidine rings is 1. The van der Waals surface area contributed by atoms with E-state index >= 15 is 0 Å². The highest BCUT2D eigenvalue weighted by Gasteiger charge is 2.23. The molecule has 0 radical (unpaired) electrons. The average molecular weight is 363 g/mol. The number of rotatable bonds is 5. The standard InChI is InChI=1S/C22H25N3O2/c1-26-21-12-18-19(13-22(21)27-2)24-23-14-20(18)25-10-6-9-17(15-25)11-16-7-4-3-5-8-16/h3-5,7-8,12-14,17H,6,9-11,15H2,1-2H3. The molecular weight excluding hydrogens is 338 g/mol. The van der Waals surface area contributed by atoms with Crippen molar-refractivity contribution in [2.45, 2.75) is 19.3 Å². The van der Waals surface area contributed by atoms with E-state index in [2.05, 4.69) is 45.4 Å². The molecule has 1 saturated heterocycles. The number of nitrogens with zero attached hydrogens (tertiary/aromatic N) is 3. The molecule has 2 heterocycles. The fourth-order valence-corrected chi connectivity index (χ4v) is 4.02. The first-order valence-electron chi connectivity index (χ1n) is 9.44. The number of aromatic nitrogens is 2. The van der Waals surface area contributed by atoms with Crippen LogP contribution < -0.4 is 14.4 Å². The van der Waals surface area contributed by atoms with Gasteiger partial charge in [0.25, 0.3) is 0 Å². The van der Waals surface area contributed by atoms with Crippen LogP contribution in [0.3, 0.4) is 0 Å². The zero-order chi connectivity index (χ0) is 18.6. The van der Waals surface area contributed by atoms with Gasteiger partial charge in [0, 0.05) is 24.5 Å². The van der Waals surface area contributed by atoms with Crippen LogP contribution in [0.4, 0.5) is 5.69 Å². The van der Waals surface area contributed by atoms with Crippen molar-refractivity contribution in [2.75, 3.05) is 32.2 Å². The largest absolute Gasteiger partial charge is 0.493 e. The van der Waals surface area contributed by atoms with E-state index in [0.717, 1.165) is 41.9 Å². The molecule has 1 fully saturated rings. The molecule has 0 spiro atoms. The molecule has 1 aliphatic heterocycles. The summed E-state index contributed by atoms with van der Waals surface area (Å²) in [5, 5.41) is 9.59. The van der Waals surface area contributed by atoms with E-state index in [1.165, 1.54) is 18.4 Å². The third-order valence-electron chi connectivity index (χ3n) is 5.35. The first-order chi connectivity index (χ1) is 13.3. The molecule has 3 aromatic rings. The van der Waals surface area contributed by atoms with Gasteiger partial charge in [0.15, 0.2) is 11.5 Å². The zero-order valence-corrected chi connectivity index (χ0v) is 15.9. The molecule has 1 unspecified atom stereocenters. The molecule has 140 valence electrons. The van der Waals surface area contributed by atoms with Gasteiger partial charge in [-0.1, -0.05) is 30.3 Å². The summed E-state index contributed by atoms with van der Waals surface area (Å²) in [4.78, 5) is 2.44. The highest BCUT2D eigenvalue weighted by molar-refractivity contribution is 5.93. The second-order valence-electron chi connectivity index (χ2n) is 7.10. The summed E-state index contributed by atoms with van der Waals surface area (Å²) in [5.74, 6) is 2.04. The summed E-state index contributed by atoms with van der Waals surface area (Å²) in [5.41, 5.74) is 3.36. The Balaban J connectivity index is 1.63. The Kier molecular flexibility index (Phi) is 5.10. The van der Waals surface area contributed by atoms with Gasteiger partial charge in [0.2, 0.25) is 0 Å². The van der Waals surface area contributed by atoms with Gasteiger partial charge in [-0.05, 0) is 36.8 Å². The molecule has 1 atom stereocenters. The number of anilines is 1. The average Bonchev–Trinajstić information content (AvgIpc) is 2.73. The number of fused-ring (bicyclic) bond motifs is 1. The van der Waals surface area contributed by atoms with Crippen molar-refractivity contribution in [2.24, 2.45) is 5.92 Å². The lowest BCUT2D eigenvalue weighted by atomic mass is 9.91. The minimum Gasteiger partial charge on any atom is -0.493 e. The van der Waals surface area contributed by atoms with Gasteiger partial charge in [-0.15, -0.1) is 0 Å². The van der Waals surface area contributed by atoms with Crippen molar-refractivity contribution in [3.63, 3.8) is 0 Å². The van der Waals surface area contributed by atoms with Crippen molar-refractivity contribution in [1.82, 2.24) is 10.2 Å². The van der Waals surface area contributed by atoms with Crippen molar-refractivity contribution in [3.05, 3.63) is 54.2 Å². The van der Waals surface area contributed by atoms with E-state index in [0.29, 0.717) is 11.7 Å².